The first-order chi connectivity index (χ1) is 8.90. The normalized spacial score (nSPS) is 13.8. The zero-order valence-corrected chi connectivity index (χ0v) is 11.4. The number of nitrogens with one attached hydrogen (secondary N) is 1. The van der Waals surface area contributed by atoms with Gasteiger partial charge in [-0.25, -0.2) is 0 Å². The Morgan fingerprint density at radius 2 is 2.16 bits per heavy atom. The van der Waals surface area contributed by atoms with E-state index < -0.39 is 17.4 Å². The number of carboxylic acid groups (broad SMARTS) is 1. The van der Waals surface area contributed by atoms with Crippen molar-refractivity contribution in [1.29, 1.82) is 0 Å². The van der Waals surface area contributed by atoms with Gasteiger partial charge in [-0.3, -0.25) is 9.59 Å². The fourth-order valence-electron chi connectivity index (χ4n) is 1.65. The van der Waals surface area contributed by atoms with Crippen LogP contribution in [-0.4, -0.2) is 29.6 Å². The van der Waals surface area contributed by atoms with Crippen LogP contribution in [0.15, 0.2) is 16.5 Å². The van der Waals surface area contributed by atoms with Gasteiger partial charge in [0.1, 0.15) is 12.4 Å². The second-order valence-corrected chi connectivity index (χ2v) is 4.64. The van der Waals surface area contributed by atoms with Crippen LogP contribution in [0.4, 0.5) is 0 Å². The monoisotopic (exact) mass is 269 g/mol. The summed E-state index contributed by atoms with van der Waals surface area (Å²) in [6.45, 7) is 3.80. The predicted octanol–water partition coefficient (Wildman–Crippen LogP) is 1.80. The molecule has 0 fully saturated rings. The van der Waals surface area contributed by atoms with Crippen LogP contribution < -0.4 is 5.32 Å². The molecule has 1 rings (SSSR count). The lowest BCUT2D eigenvalue weighted by Crippen LogP contribution is -2.46. The van der Waals surface area contributed by atoms with Gasteiger partial charge >= 0.3 is 5.97 Å². The number of hydrogen-bond donors (Lipinski definition) is 2. The third-order valence-corrected chi connectivity index (χ3v) is 2.91. The molecule has 0 aliphatic rings. The van der Waals surface area contributed by atoms with Gasteiger partial charge in [-0.05, 0) is 25.5 Å². The van der Waals surface area contributed by atoms with Crippen molar-refractivity contribution >= 4 is 11.9 Å². The second-order valence-electron chi connectivity index (χ2n) is 4.64. The lowest BCUT2D eigenvalue weighted by atomic mass is 9.94. The summed E-state index contributed by atoms with van der Waals surface area (Å²) in [5, 5.41) is 11.5. The Balaban J connectivity index is 2.73. The van der Waals surface area contributed by atoms with Crippen LogP contribution in [0, 0.1) is 0 Å². The lowest BCUT2D eigenvalue weighted by Gasteiger charge is -2.27. The zero-order chi connectivity index (χ0) is 14.5. The van der Waals surface area contributed by atoms with Gasteiger partial charge in [-0.1, -0.05) is 6.92 Å². The van der Waals surface area contributed by atoms with Crippen molar-refractivity contribution < 1.29 is 23.8 Å². The SMILES string of the molecule is CCC(C)(CC(=O)O)NC(=O)c1ccc(COC)o1. The largest absolute Gasteiger partial charge is 0.481 e. The Kier molecular flexibility index (Phi) is 5.11. The number of carboxylic acids is 1. The number of ether oxygens (including phenoxy) is 1. The smallest absolute Gasteiger partial charge is 0.305 e. The molecule has 1 aromatic heterocycles. The first-order valence-electron chi connectivity index (χ1n) is 6.02. The fraction of sp³-hybridized carbons (Fsp3) is 0.538. The van der Waals surface area contributed by atoms with Crippen LogP contribution in [0.5, 0.6) is 0 Å². The first-order valence-corrected chi connectivity index (χ1v) is 6.02. The number of carbonyl (C=O) groups is 2. The van der Waals surface area contributed by atoms with Crippen molar-refractivity contribution in [2.45, 2.75) is 38.8 Å². The second kappa shape index (κ2) is 6.38. The Labute approximate surface area is 111 Å². The average molecular weight is 269 g/mol. The van der Waals surface area contributed by atoms with E-state index >= 15 is 0 Å². The van der Waals surface area contributed by atoms with Crippen molar-refractivity contribution in [3.63, 3.8) is 0 Å². The molecule has 1 amide bonds. The highest BCUT2D eigenvalue weighted by atomic mass is 16.5. The quantitative estimate of drug-likeness (QED) is 0.788. The van der Waals surface area contributed by atoms with Gasteiger partial charge in [0.25, 0.3) is 5.91 Å². The number of hydrogen-bond acceptors (Lipinski definition) is 4. The molecule has 0 bridgehead atoms. The maximum absolute atomic E-state index is 12.0. The third kappa shape index (κ3) is 4.40. The minimum absolute atomic E-state index is 0.138. The van der Waals surface area contributed by atoms with E-state index in [2.05, 4.69) is 5.32 Å². The van der Waals surface area contributed by atoms with Gasteiger partial charge in [0.2, 0.25) is 0 Å². The van der Waals surface area contributed by atoms with Gasteiger partial charge < -0.3 is 19.6 Å². The Morgan fingerprint density at radius 3 is 2.68 bits per heavy atom. The molecule has 1 aromatic rings. The maximum atomic E-state index is 12.0. The highest BCUT2D eigenvalue weighted by Gasteiger charge is 2.28. The predicted molar refractivity (Wildman–Crippen MR) is 67.8 cm³/mol. The summed E-state index contributed by atoms with van der Waals surface area (Å²) >= 11 is 0. The maximum Gasteiger partial charge on any atom is 0.305 e. The number of furan rings is 1. The van der Waals surface area contributed by atoms with Crippen LogP contribution in [0.3, 0.4) is 0 Å². The van der Waals surface area contributed by atoms with E-state index in [9.17, 15) is 9.59 Å². The van der Waals surface area contributed by atoms with Crippen molar-refractivity contribution in [2.75, 3.05) is 7.11 Å². The fourth-order valence-corrected chi connectivity index (χ4v) is 1.65. The molecular formula is C13H19NO5. The van der Waals surface area contributed by atoms with Crippen LogP contribution >= 0.6 is 0 Å². The standard InChI is InChI=1S/C13H19NO5/c1-4-13(2,7-11(15)16)14-12(17)10-6-5-9(19-10)8-18-3/h5-6H,4,7-8H2,1-3H3,(H,14,17)(H,15,16). The zero-order valence-electron chi connectivity index (χ0n) is 11.4. The first kappa shape index (κ1) is 15.2. The van der Waals surface area contributed by atoms with Crippen LogP contribution in [0.2, 0.25) is 0 Å². The van der Waals surface area contributed by atoms with Crippen molar-refractivity contribution in [3.8, 4) is 0 Å². The Bertz CT molecular complexity index is 454. The number of amides is 1. The summed E-state index contributed by atoms with van der Waals surface area (Å²) in [5.74, 6) is -0.682. The van der Waals surface area contributed by atoms with Gasteiger partial charge in [0.05, 0.1) is 6.42 Å². The van der Waals surface area contributed by atoms with Crippen LogP contribution in [-0.2, 0) is 16.1 Å². The third-order valence-electron chi connectivity index (χ3n) is 2.91. The van der Waals surface area contributed by atoms with Crippen LogP contribution in [0.25, 0.3) is 0 Å². The molecule has 0 aliphatic carbocycles. The summed E-state index contributed by atoms with van der Waals surface area (Å²) in [6.07, 6.45) is 0.373. The van der Waals surface area contributed by atoms with E-state index in [1.165, 1.54) is 7.11 Å². The number of aliphatic carboxylic acids is 1. The van der Waals surface area contributed by atoms with Crippen molar-refractivity contribution in [2.24, 2.45) is 0 Å². The molecule has 6 nitrogen and oxygen atoms in total. The van der Waals surface area contributed by atoms with Crippen molar-refractivity contribution in [1.82, 2.24) is 5.32 Å². The highest BCUT2D eigenvalue weighted by Crippen LogP contribution is 2.16. The summed E-state index contributed by atoms with van der Waals surface area (Å²) in [5.41, 5.74) is -0.795. The molecule has 6 heteroatoms. The molecule has 2 N–H and O–H groups in total. The molecule has 1 heterocycles. The molecule has 1 atom stereocenters. The van der Waals surface area contributed by atoms with Crippen molar-refractivity contribution in [3.05, 3.63) is 23.7 Å². The van der Waals surface area contributed by atoms with E-state index in [0.717, 1.165) is 0 Å². The molecule has 106 valence electrons. The van der Waals surface area contributed by atoms with Gasteiger partial charge in [-0.2, -0.15) is 0 Å². The average Bonchev–Trinajstić information content (AvgIpc) is 2.77. The van der Waals surface area contributed by atoms with E-state index in [4.69, 9.17) is 14.3 Å². The minimum atomic E-state index is -0.954. The topological polar surface area (TPSA) is 88.8 Å². The minimum Gasteiger partial charge on any atom is -0.481 e. The van der Waals surface area contributed by atoms with E-state index in [1.54, 1.807) is 19.1 Å². The summed E-state index contributed by atoms with van der Waals surface area (Å²) < 4.78 is 10.2. The Morgan fingerprint density at radius 1 is 1.47 bits per heavy atom. The van der Waals surface area contributed by atoms with E-state index in [-0.39, 0.29) is 18.8 Å². The lowest BCUT2D eigenvalue weighted by molar-refractivity contribution is -0.138. The van der Waals surface area contributed by atoms with Gasteiger partial charge in [0, 0.05) is 12.6 Å². The summed E-state index contributed by atoms with van der Waals surface area (Å²) in [4.78, 5) is 22.8. The van der Waals surface area contributed by atoms with Gasteiger partial charge in [0.15, 0.2) is 5.76 Å². The molecule has 0 aliphatic heterocycles. The molecule has 1 unspecified atom stereocenters. The number of rotatable bonds is 7. The molecule has 0 spiro atoms. The molecule has 0 radical (unpaired) electrons. The highest BCUT2D eigenvalue weighted by molar-refractivity contribution is 5.92. The molecule has 0 saturated heterocycles. The summed E-state index contributed by atoms with van der Waals surface area (Å²) in [6, 6.07) is 3.19. The van der Waals surface area contributed by atoms with Gasteiger partial charge in [-0.15, -0.1) is 0 Å². The van der Waals surface area contributed by atoms with E-state index in [0.29, 0.717) is 12.2 Å². The van der Waals surface area contributed by atoms with Crippen LogP contribution in [0.1, 0.15) is 43.0 Å². The van der Waals surface area contributed by atoms with E-state index in [1.807, 2.05) is 6.92 Å². The number of methoxy groups -OCH3 is 1. The Hall–Kier alpha value is -1.82. The molecule has 0 aromatic carbocycles. The summed E-state index contributed by atoms with van der Waals surface area (Å²) in [7, 11) is 1.53. The molecular weight excluding hydrogens is 250 g/mol. The molecule has 19 heavy (non-hydrogen) atoms. The molecule has 0 saturated carbocycles. The number of carbonyl (C=O) groups excluding carboxylic acids is 1.